The Bertz CT molecular complexity index is 549. The fourth-order valence-corrected chi connectivity index (χ4v) is 1.42. The predicted molar refractivity (Wildman–Crippen MR) is 66.4 cm³/mol. The fourth-order valence-electron chi connectivity index (χ4n) is 1.42. The Morgan fingerprint density at radius 2 is 1.94 bits per heavy atom. The maximum Gasteiger partial charge on any atom is 0.249 e. The monoisotopic (exact) mass is 213 g/mol. The Hall–Kier alpha value is -1.97. The minimum Gasteiger partial charge on any atom is -0.456 e. The normalized spacial score (nSPS) is 10.1. The van der Waals surface area contributed by atoms with Gasteiger partial charge in [-0.25, -0.2) is 0 Å². The molecule has 80 valence electrons. The van der Waals surface area contributed by atoms with E-state index < -0.39 is 0 Å². The molecule has 0 aliphatic heterocycles. The molecule has 0 unspecified atom stereocenters. The van der Waals surface area contributed by atoms with Gasteiger partial charge < -0.3 is 9.30 Å². The van der Waals surface area contributed by atoms with Crippen LogP contribution in [0.1, 0.15) is 0 Å². The average Bonchev–Trinajstić information content (AvgIpc) is 2.27. The molecule has 0 aliphatic carbocycles. The minimum atomic E-state index is -0.0297. The largest absolute Gasteiger partial charge is 0.456 e. The number of hydrogen-bond acceptors (Lipinski definition) is 2. The molecule has 0 aliphatic rings. The molecule has 0 atom stereocenters. The molecule has 2 aromatic rings. The number of hydrogen-bond donors (Lipinski definition) is 0. The van der Waals surface area contributed by atoms with Crippen LogP contribution in [0, 0.1) is 0 Å². The minimum absolute atomic E-state index is 0.0297. The standard InChI is InChI=1S/C12H12BNO2/c1-14-8-11(10(13)7-12(14)15)16-9-5-3-2-4-6-9/h2-8H,13H2,1H3. The first-order valence-corrected chi connectivity index (χ1v) is 5.07. The van der Waals surface area contributed by atoms with Gasteiger partial charge in [0, 0.05) is 19.3 Å². The smallest absolute Gasteiger partial charge is 0.249 e. The van der Waals surface area contributed by atoms with Crippen LogP contribution in [0.3, 0.4) is 0 Å². The van der Waals surface area contributed by atoms with Crippen molar-refractivity contribution in [3.63, 3.8) is 0 Å². The highest BCUT2D eigenvalue weighted by molar-refractivity contribution is 6.34. The SMILES string of the molecule is Bc1cc(=O)n(C)cc1Oc1ccccc1. The van der Waals surface area contributed by atoms with Gasteiger partial charge in [-0.1, -0.05) is 18.2 Å². The lowest BCUT2D eigenvalue weighted by Crippen LogP contribution is -2.22. The van der Waals surface area contributed by atoms with Gasteiger partial charge in [0.15, 0.2) is 0 Å². The summed E-state index contributed by atoms with van der Waals surface area (Å²) in [5.74, 6) is 1.47. The van der Waals surface area contributed by atoms with Crippen molar-refractivity contribution in [3.05, 3.63) is 52.9 Å². The van der Waals surface area contributed by atoms with Crippen LogP contribution < -0.4 is 15.8 Å². The van der Waals surface area contributed by atoms with Gasteiger partial charge >= 0.3 is 0 Å². The summed E-state index contributed by atoms with van der Waals surface area (Å²) in [6, 6.07) is 11.1. The number of pyridine rings is 1. The first-order valence-electron chi connectivity index (χ1n) is 5.07. The number of para-hydroxylation sites is 1. The van der Waals surface area contributed by atoms with Gasteiger partial charge in [0.2, 0.25) is 5.56 Å². The molecule has 0 radical (unpaired) electrons. The van der Waals surface area contributed by atoms with E-state index in [-0.39, 0.29) is 5.56 Å². The van der Waals surface area contributed by atoms with E-state index >= 15 is 0 Å². The van der Waals surface area contributed by atoms with Crippen molar-refractivity contribution in [2.75, 3.05) is 0 Å². The van der Waals surface area contributed by atoms with Crippen LogP contribution in [0.2, 0.25) is 0 Å². The quantitative estimate of drug-likeness (QED) is 0.677. The maximum atomic E-state index is 11.4. The van der Waals surface area contributed by atoms with Gasteiger partial charge in [-0.05, 0) is 17.6 Å². The molecule has 1 aromatic heterocycles. The van der Waals surface area contributed by atoms with Gasteiger partial charge in [-0.2, -0.15) is 0 Å². The summed E-state index contributed by atoms with van der Waals surface area (Å²) < 4.78 is 7.19. The third kappa shape index (κ3) is 2.16. The molecule has 3 nitrogen and oxygen atoms in total. The molecular formula is C12H12BNO2. The van der Waals surface area contributed by atoms with Crippen LogP contribution in [0.25, 0.3) is 0 Å². The second kappa shape index (κ2) is 4.27. The number of rotatable bonds is 2. The third-order valence-corrected chi connectivity index (χ3v) is 2.36. The summed E-state index contributed by atoms with van der Waals surface area (Å²) in [7, 11) is 3.57. The Labute approximate surface area is 94.7 Å². The molecule has 4 heteroatoms. The molecule has 16 heavy (non-hydrogen) atoms. The Morgan fingerprint density at radius 1 is 1.25 bits per heavy atom. The summed E-state index contributed by atoms with van der Waals surface area (Å²) in [4.78, 5) is 11.4. The van der Waals surface area contributed by atoms with E-state index in [0.29, 0.717) is 5.75 Å². The number of nitrogens with zero attached hydrogens (tertiary/aromatic N) is 1. The van der Waals surface area contributed by atoms with Gasteiger partial charge in [-0.15, -0.1) is 0 Å². The summed E-state index contributed by atoms with van der Waals surface area (Å²) in [6.07, 6.45) is 1.70. The summed E-state index contributed by atoms with van der Waals surface area (Å²) in [5, 5.41) is 0. The summed E-state index contributed by atoms with van der Waals surface area (Å²) in [5.41, 5.74) is 0.810. The van der Waals surface area contributed by atoms with E-state index in [0.717, 1.165) is 11.2 Å². The summed E-state index contributed by atoms with van der Waals surface area (Å²) >= 11 is 0. The maximum absolute atomic E-state index is 11.4. The molecule has 1 aromatic carbocycles. The molecule has 0 saturated carbocycles. The van der Waals surface area contributed by atoms with E-state index in [1.807, 2.05) is 38.2 Å². The zero-order valence-electron chi connectivity index (χ0n) is 9.31. The molecule has 0 bridgehead atoms. The van der Waals surface area contributed by atoms with Crippen LogP contribution in [0.4, 0.5) is 0 Å². The Balaban J connectivity index is 2.36. The van der Waals surface area contributed by atoms with Crippen LogP contribution in [-0.4, -0.2) is 12.4 Å². The molecule has 0 N–H and O–H groups in total. The molecule has 2 rings (SSSR count). The van der Waals surface area contributed by atoms with E-state index in [4.69, 9.17) is 4.74 Å². The average molecular weight is 213 g/mol. The second-order valence-corrected chi connectivity index (χ2v) is 3.68. The lowest BCUT2D eigenvalue weighted by atomic mass is 9.96. The highest BCUT2D eigenvalue weighted by Gasteiger charge is 2.03. The molecule has 1 heterocycles. The molecule has 0 fully saturated rings. The first kappa shape index (κ1) is 10.5. The second-order valence-electron chi connectivity index (χ2n) is 3.68. The third-order valence-electron chi connectivity index (χ3n) is 2.36. The zero-order chi connectivity index (χ0) is 11.5. The first-order chi connectivity index (χ1) is 7.66. The van der Waals surface area contributed by atoms with E-state index in [1.54, 1.807) is 19.3 Å². The Kier molecular flexibility index (Phi) is 2.81. The highest BCUT2D eigenvalue weighted by atomic mass is 16.5. The Morgan fingerprint density at radius 3 is 2.62 bits per heavy atom. The van der Waals surface area contributed by atoms with Crippen molar-refractivity contribution in [1.82, 2.24) is 4.57 Å². The van der Waals surface area contributed by atoms with Crippen molar-refractivity contribution in [2.45, 2.75) is 0 Å². The van der Waals surface area contributed by atoms with Crippen LogP contribution in [0.5, 0.6) is 11.5 Å². The lowest BCUT2D eigenvalue weighted by Gasteiger charge is -2.09. The molecular weight excluding hydrogens is 201 g/mol. The van der Waals surface area contributed by atoms with Crippen molar-refractivity contribution >= 4 is 13.3 Å². The molecule has 0 amide bonds. The topological polar surface area (TPSA) is 31.2 Å². The number of ether oxygens (including phenoxy) is 1. The van der Waals surface area contributed by atoms with Gasteiger partial charge in [0.25, 0.3) is 0 Å². The van der Waals surface area contributed by atoms with Crippen molar-refractivity contribution in [1.29, 1.82) is 0 Å². The van der Waals surface area contributed by atoms with Crippen LogP contribution >= 0.6 is 0 Å². The van der Waals surface area contributed by atoms with E-state index in [2.05, 4.69) is 0 Å². The van der Waals surface area contributed by atoms with Gasteiger partial charge in [0.1, 0.15) is 19.3 Å². The van der Waals surface area contributed by atoms with Crippen LogP contribution in [-0.2, 0) is 7.05 Å². The van der Waals surface area contributed by atoms with Crippen molar-refractivity contribution in [3.8, 4) is 11.5 Å². The highest BCUT2D eigenvalue weighted by Crippen LogP contribution is 2.17. The van der Waals surface area contributed by atoms with Gasteiger partial charge in [0.05, 0.1) is 0 Å². The van der Waals surface area contributed by atoms with Gasteiger partial charge in [-0.3, -0.25) is 4.79 Å². The number of benzene rings is 1. The number of aryl methyl sites for hydroxylation is 1. The molecule has 0 spiro atoms. The lowest BCUT2D eigenvalue weighted by molar-refractivity contribution is 0.480. The molecule has 0 saturated heterocycles. The predicted octanol–water partition coefficient (Wildman–Crippen LogP) is 0.436. The van der Waals surface area contributed by atoms with Crippen molar-refractivity contribution < 1.29 is 4.74 Å². The van der Waals surface area contributed by atoms with E-state index in [1.165, 1.54) is 4.57 Å². The summed E-state index contributed by atoms with van der Waals surface area (Å²) in [6.45, 7) is 0. The van der Waals surface area contributed by atoms with Crippen molar-refractivity contribution in [2.24, 2.45) is 7.05 Å². The number of aromatic nitrogens is 1. The fraction of sp³-hybridized carbons (Fsp3) is 0.0833. The zero-order valence-corrected chi connectivity index (χ0v) is 9.31. The van der Waals surface area contributed by atoms with Crippen LogP contribution in [0.15, 0.2) is 47.4 Å². The van der Waals surface area contributed by atoms with E-state index in [9.17, 15) is 4.79 Å².